The molecule has 0 radical (unpaired) electrons. The van der Waals surface area contributed by atoms with E-state index in [2.05, 4.69) is 12.1 Å². The largest absolute Gasteiger partial charge is 0.387 e. The van der Waals surface area contributed by atoms with E-state index in [9.17, 15) is 10.2 Å². The van der Waals surface area contributed by atoms with Gasteiger partial charge in [-0.2, -0.15) is 0 Å². The molecule has 2 fully saturated rings. The van der Waals surface area contributed by atoms with Crippen LogP contribution in [0.1, 0.15) is 74.5 Å². The average Bonchev–Trinajstić information content (AvgIpc) is 2.38. The first-order valence-corrected chi connectivity index (χ1v) is 7.69. The minimum Gasteiger partial charge on any atom is -0.387 e. The van der Waals surface area contributed by atoms with Gasteiger partial charge < -0.3 is 10.2 Å². The van der Waals surface area contributed by atoms with Gasteiger partial charge in [0.25, 0.3) is 0 Å². The second-order valence-corrected chi connectivity index (χ2v) is 6.36. The summed E-state index contributed by atoms with van der Waals surface area (Å²) in [5.41, 5.74) is 1.35. The third-order valence-electron chi connectivity index (χ3n) is 5.06. The fourth-order valence-electron chi connectivity index (χ4n) is 3.44. The van der Waals surface area contributed by atoms with Crippen LogP contribution in [0.2, 0.25) is 0 Å². The summed E-state index contributed by atoms with van der Waals surface area (Å²) in [5.74, 6) is 0.726. The maximum absolute atomic E-state index is 10.6. The van der Waals surface area contributed by atoms with Crippen LogP contribution in [0.3, 0.4) is 0 Å². The van der Waals surface area contributed by atoms with Crippen LogP contribution < -0.4 is 0 Å². The van der Waals surface area contributed by atoms with Gasteiger partial charge in [0.2, 0.25) is 0 Å². The number of rotatable bonds is 3. The Morgan fingerprint density at radius 1 is 0.947 bits per heavy atom. The molecule has 2 saturated carbocycles. The fourth-order valence-corrected chi connectivity index (χ4v) is 3.44. The number of aliphatic hydroxyl groups excluding tert-OH is 1. The smallest absolute Gasteiger partial charge is 0.108 e. The van der Waals surface area contributed by atoms with E-state index in [0.29, 0.717) is 0 Å². The zero-order valence-electron chi connectivity index (χ0n) is 11.5. The molecule has 0 saturated heterocycles. The molecule has 1 aromatic carbocycles. The molecule has 0 amide bonds. The van der Waals surface area contributed by atoms with Crippen molar-refractivity contribution in [2.75, 3.05) is 0 Å². The Morgan fingerprint density at radius 3 is 2.11 bits per heavy atom. The predicted octanol–water partition coefficient (Wildman–Crippen LogP) is 3.68. The molecule has 0 aliphatic heterocycles. The number of aliphatic hydroxyl groups is 2. The molecular weight excluding hydrogens is 236 g/mol. The van der Waals surface area contributed by atoms with Crippen molar-refractivity contribution in [3.8, 4) is 0 Å². The first-order valence-electron chi connectivity index (χ1n) is 7.69. The number of hydrogen-bond acceptors (Lipinski definition) is 2. The van der Waals surface area contributed by atoms with Gasteiger partial charge in [-0.15, -0.1) is 0 Å². The molecule has 0 spiro atoms. The molecule has 1 atom stereocenters. The van der Waals surface area contributed by atoms with Crippen molar-refractivity contribution in [3.63, 3.8) is 0 Å². The molecule has 2 heteroatoms. The van der Waals surface area contributed by atoms with Crippen molar-refractivity contribution >= 4 is 0 Å². The van der Waals surface area contributed by atoms with Crippen molar-refractivity contribution in [1.29, 1.82) is 0 Å². The van der Waals surface area contributed by atoms with E-state index in [1.807, 2.05) is 12.1 Å². The highest BCUT2D eigenvalue weighted by atomic mass is 16.3. The van der Waals surface area contributed by atoms with E-state index >= 15 is 0 Å². The summed E-state index contributed by atoms with van der Waals surface area (Å²) in [6.07, 6.45) is 7.86. The molecule has 1 unspecified atom stereocenters. The Labute approximate surface area is 115 Å². The Balaban J connectivity index is 1.73. The van der Waals surface area contributed by atoms with Crippen LogP contribution >= 0.6 is 0 Å². The predicted molar refractivity (Wildman–Crippen MR) is 76.0 cm³/mol. The minimum atomic E-state index is -0.907. The molecule has 19 heavy (non-hydrogen) atoms. The normalized spacial score (nSPS) is 24.7. The Hall–Kier alpha value is -0.860. The highest BCUT2D eigenvalue weighted by molar-refractivity contribution is 5.29. The maximum atomic E-state index is 10.6. The summed E-state index contributed by atoms with van der Waals surface area (Å²) in [6, 6.07) is 8.28. The molecule has 2 nitrogen and oxygen atoms in total. The minimum absolute atomic E-state index is 0.721. The van der Waals surface area contributed by atoms with Crippen LogP contribution in [0.4, 0.5) is 0 Å². The van der Waals surface area contributed by atoms with Gasteiger partial charge in [-0.1, -0.05) is 49.9 Å². The Kier molecular flexibility index (Phi) is 3.64. The molecule has 2 N–H and O–H groups in total. The zero-order chi connectivity index (χ0) is 13.3. The van der Waals surface area contributed by atoms with Crippen LogP contribution in [0, 0.1) is 0 Å². The molecule has 1 aromatic rings. The quantitative estimate of drug-likeness (QED) is 0.870. The van der Waals surface area contributed by atoms with Crippen molar-refractivity contribution in [2.45, 2.75) is 69.0 Å². The molecule has 0 heterocycles. The molecule has 0 aromatic heterocycles. The van der Waals surface area contributed by atoms with Crippen LogP contribution in [0.15, 0.2) is 24.3 Å². The van der Waals surface area contributed by atoms with Crippen LogP contribution in [0.25, 0.3) is 0 Å². The van der Waals surface area contributed by atoms with E-state index in [4.69, 9.17) is 0 Å². The molecule has 0 bridgehead atoms. The Bertz CT molecular complexity index is 413. The maximum Gasteiger partial charge on any atom is 0.108 e. The molecule has 104 valence electrons. The fraction of sp³-hybridized carbons (Fsp3) is 0.647. The monoisotopic (exact) mass is 260 g/mol. The molecule has 2 aliphatic carbocycles. The number of hydrogen-bond donors (Lipinski definition) is 2. The van der Waals surface area contributed by atoms with Gasteiger partial charge in [0.1, 0.15) is 6.10 Å². The number of benzene rings is 1. The van der Waals surface area contributed by atoms with Gasteiger partial charge in [0, 0.05) is 0 Å². The van der Waals surface area contributed by atoms with E-state index < -0.39 is 11.7 Å². The van der Waals surface area contributed by atoms with Gasteiger partial charge in [-0.3, -0.25) is 0 Å². The van der Waals surface area contributed by atoms with Gasteiger partial charge in [0.15, 0.2) is 0 Å². The lowest BCUT2D eigenvalue weighted by atomic mass is 9.77. The van der Waals surface area contributed by atoms with E-state index in [1.54, 1.807) is 0 Å². The third-order valence-corrected chi connectivity index (χ3v) is 5.06. The van der Waals surface area contributed by atoms with E-state index in [0.717, 1.165) is 37.2 Å². The standard InChI is InChI=1S/C17H24O2/c18-16(17(19)11-2-1-3-12-17)15-9-7-14(8-10-15)13-5-4-6-13/h7-10,13,16,18-19H,1-6,11-12H2. The third kappa shape index (κ3) is 2.56. The summed E-state index contributed by atoms with van der Waals surface area (Å²) >= 11 is 0. The lowest BCUT2D eigenvalue weighted by Gasteiger charge is -2.36. The summed E-state index contributed by atoms with van der Waals surface area (Å²) < 4.78 is 0. The van der Waals surface area contributed by atoms with Crippen molar-refractivity contribution in [3.05, 3.63) is 35.4 Å². The van der Waals surface area contributed by atoms with Crippen LogP contribution in [0.5, 0.6) is 0 Å². The Morgan fingerprint density at radius 2 is 1.58 bits per heavy atom. The van der Waals surface area contributed by atoms with Crippen LogP contribution in [-0.4, -0.2) is 15.8 Å². The van der Waals surface area contributed by atoms with E-state index in [-0.39, 0.29) is 0 Å². The van der Waals surface area contributed by atoms with Gasteiger partial charge in [-0.25, -0.2) is 0 Å². The van der Waals surface area contributed by atoms with Gasteiger partial charge >= 0.3 is 0 Å². The SMILES string of the molecule is OC(c1ccc(C2CCC2)cc1)C1(O)CCCCC1. The zero-order valence-corrected chi connectivity index (χ0v) is 11.5. The first kappa shape index (κ1) is 13.1. The molecule has 3 rings (SSSR count). The second-order valence-electron chi connectivity index (χ2n) is 6.36. The molecule has 2 aliphatic rings. The summed E-state index contributed by atoms with van der Waals surface area (Å²) in [4.78, 5) is 0. The highest BCUT2D eigenvalue weighted by Gasteiger charge is 2.37. The van der Waals surface area contributed by atoms with Gasteiger partial charge in [-0.05, 0) is 42.7 Å². The topological polar surface area (TPSA) is 40.5 Å². The van der Waals surface area contributed by atoms with Gasteiger partial charge in [0.05, 0.1) is 5.60 Å². The summed E-state index contributed by atoms with van der Waals surface area (Å²) in [6.45, 7) is 0. The second kappa shape index (κ2) is 5.26. The lowest BCUT2D eigenvalue weighted by Crippen LogP contribution is -2.38. The average molecular weight is 260 g/mol. The lowest BCUT2D eigenvalue weighted by molar-refractivity contribution is -0.0991. The van der Waals surface area contributed by atoms with Crippen molar-refractivity contribution in [1.82, 2.24) is 0 Å². The van der Waals surface area contributed by atoms with E-state index in [1.165, 1.54) is 31.2 Å². The van der Waals surface area contributed by atoms with Crippen molar-refractivity contribution in [2.24, 2.45) is 0 Å². The highest BCUT2D eigenvalue weighted by Crippen LogP contribution is 2.40. The summed E-state index contributed by atoms with van der Waals surface area (Å²) in [5, 5.41) is 21.0. The van der Waals surface area contributed by atoms with Crippen LogP contribution in [-0.2, 0) is 0 Å². The first-order chi connectivity index (χ1) is 9.19. The van der Waals surface area contributed by atoms with Crippen molar-refractivity contribution < 1.29 is 10.2 Å². The molecular formula is C17H24O2. The summed E-state index contributed by atoms with van der Waals surface area (Å²) in [7, 11) is 0.